The molecular formula is C7H17N3. The number of rotatable bonds is 1. The third kappa shape index (κ3) is 2.71. The van der Waals surface area contributed by atoms with Gasteiger partial charge in [0.25, 0.3) is 0 Å². The van der Waals surface area contributed by atoms with Gasteiger partial charge in [0.2, 0.25) is 0 Å². The summed E-state index contributed by atoms with van der Waals surface area (Å²) in [6, 6.07) is 0. The third-order valence-electron chi connectivity index (χ3n) is 1.10. The first-order chi connectivity index (χ1) is 4.59. The highest BCUT2D eigenvalue weighted by molar-refractivity contribution is 5.79. The molecule has 0 rings (SSSR count). The first-order valence-electron chi connectivity index (χ1n) is 3.48. The predicted octanol–water partition coefficient (Wildman–Crippen LogP) is 0.486. The summed E-state index contributed by atoms with van der Waals surface area (Å²) in [5.74, 6) is 1.02. The van der Waals surface area contributed by atoms with Crippen LogP contribution in [-0.2, 0) is 0 Å². The van der Waals surface area contributed by atoms with E-state index in [1.54, 1.807) is 0 Å². The lowest BCUT2D eigenvalue weighted by Gasteiger charge is -2.22. The van der Waals surface area contributed by atoms with Crippen LogP contribution < -0.4 is 0 Å². The van der Waals surface area contributed by atoms with E-state index < -0.39 is 0 Å². The molecule has 0 spiro atoms. The smallest absolute Gasteiger partial charge is 0.195 e. The highest BCUT2D eigenvalue weighted by Crippen LogP contribution is 1.87. The Labute approximate surface area is 63.3 Å². The summed E-state index contributed by atoms with van der Waals surface area (Å²) >= 11 is 0. The van der Waals surface area contributed by atoms with Crippen molar-refractivity contribution in [2.45, 2.75) is 6.92 Å². The molecule has 0 aliphatic carbocycles. The van der Waals surface area contributed by atoms with Crippen LogP contribution in [0.1, 0.15) is 6.92 Å². The van der Waals surface area contributed by atoms with Gasteiger partial charge in [0.05, 0.1) is 0 Å². The van der Waals surface area contributed by atoms with Crippen molar-refractivity contribution in [3.05, 3.63) is 0 Å². The van der Waals surface area contributed by atoms with Crippen molar-refractivity contribution >= 4 is 5.96 Å². The van der Waals surface area contributed by atoms with E-state index in [0.29, 0.717) is 0 Å². The molecule has 0 heterocycles. The van der Waals surface area contributed by atoms with Crippen LogP contribution in [0.2, 0.25) is 0 Å². The average molecular weight is 143 g/mol. The second kappa shape index (κ2) is 4.14. The number of aliphatic imine (C=N–C) groups is 1. The Morgan fingerprint density at radius 2 is 1.50 bits per heavy atom. The van der Waals surface area contributed by atoms with Crippen LogP contribution in [0.4, 0.5) is 0 Å². The topological polar surface area (TPSA) is 18.8 Å². The van der Waals surface area contributed by atoms with Crippen LogP contribution in [0.3, 0.4) is 0 Å². The molecule has 0 radical (unpaired) electrons. The molecule has 3 nitrogen and oxygen atoms in total. The Bertz CT molecular complexity index is 106. The number of guanidine groups is 1. The normalized spacial score (nSPS) is 8.90. The minimum atomic E-state index is 0.839. The maximum atomic E-state index is 4.29. The van der Waals surface area contributed by atoms with E-state index in [2.05, 4.69) is 4.99 Å². The second-order valence-corrected chi connectivity index (χ2v) is 2.56. The minimum Gasteiger partial charge on any atom is -0.349 e. The van der Waals surface area contributed by atoms with Gasteiger partial charge in [-0.25, -0.2) is 0 Å². The van der Waals surface area contributed by atoms with Gasteiger partial charge in [-0.3, -0.25) is 4.99 Å². The van der Waals surface area contributed by atoms with E-state index in [4.69, 9.17) is 0 Å². The van der Waals surface area contributed by atoms with Crippen molar-refractivity contribution in [2.24, 2.45) is 4.99 Å². The first kappa shape index (κ1) is 9.27. The average Bonchev–Trinajstić information content (AvgIpc) is 1.81. The van der Waals surface area contributed by atoms with Gasteiger partial charge in [0.1, 0.15) is 0 Å². The Morgan fingerprint density at radius 3 is 1.60 bits per heavy atom. The van der Waals surface area contributed by atoms with Gasteiger partial charge < -0.3 is 9.80 Å². The summed E-state index contributed by atoms with van der Waals surface area (Å²) in [7, 11) is 7.98. The molecule has 0 N–H and O–H groups in total. The van der Waals surface area contributed by atoms with Crippen molar-refractivity contribution in [3.63, 3.8) is 0 Å². The molecule has 0 saturated heterocycles. The van der Waals surface area contributed by atoms with Crippen molar-refractivity contribution in [1.82, 2.24) is 9.80 Å². The molecule has 0 aliphatic heterocycles. The fraction of sp³-hybridized carbons (Fsp3) is 0.857. The van der Waals surface area contributed by atoms with E-state index in [1.165, 1.54) is 0 Å². The van der Waals surface area contributed by atoms with E-state index in [1.807, 2.05) is 44.9 Å². The first-order valence-corrected chi connectivity index (χ1v) is 3.48. The van der Waals surface area contributed by atoms with Gasteiger partial charge in [0, 0.05) is 34.7 Å². The molecule has 0 amide bonds. The van der Waals surface area contributed by atoms with Crippen LogP contribution in [0.25, 0.3) is 0 Å². The lowest BCUT2D eigenvalue weighted by molar-refractivity contribution is 0.480. The van der Waals surface area contributed by atoms with Crippen LogP contribution in [-0.4, -0.2) is 50.5 Å². The van der Waals surface area contributed by atoms with E-state index in [9.17, 15) is 0 Å². The standard InChI is InChI=1S/C7H17N3/c1-6-8-7(9(2)3)10(4)5/h6H2,1-5H3. The van der Waals surface area contributed by atoms with Crippen molar-refractivity contribution in [2.75, 3.05) is 34.7 Å². The lowest BCUT2D eigenvalue weighted by Crippen LogP contribution is -2.35. The molecule has 0 aromatic rings. The maximum absolute atomic E-state index is 4.29. The van der Waals surface area contributed by atoms with Crippen LogP contribution >= 0.6 is 0 Å². The summed E-state index contributed by atoms with van der Waals surface area (Å²) < 4.78 is 0. The highest BCUT2D eigenvalue weighted by Gasteiger charge is 2.00. The second-order valence-electron chi connectivity index (χ2n) is 2.56. The predicted molar refractivity (Wildman–Crippen MR) is 45.4 cm³/mol. The van der Waals surface area contributed by atoms with E-state index in [0.717, 1.165) is 12.5 Å². The van der Waals surface area contributed by atoms with Crippen molar-refractivity contribution in [3.8, 4) is 0 Å². The van der Waals surface area contributed by atoms with E-state index in [-0.39, 0.29) is 0 Å². The van der Waals surface area contributed by atoms with Gasteiger partial charge in [-0.1, -0.05) is 0 Å². The van der Waals surface area contributed by atoms with Gasteiger partial charge in [0.15, 0.2) is 5.96 Å². The van der Waals surface area contributed by atoms with Crippen molar-refractivity contribution < 1.29 is 0 Å². The number of nitrogens with zero attached hydrogens (tertiary/aromatic N) is 3. The van der Waals surface area contributed by atoms with Crippen LogP contribution in [0.5, 0.6) is 0 Å². The molecule has 0 aromatic carbocycles. The zero-order valence-electron chi connectivity index (χ0n) is 7.55. The molecule has 60 valence electrons. The van der Waals surface area contributed by atoms with Gasteiger partial charge in [-0.15, -0.1) is 0 Å². The SMILES string of the molecule is CCN=C(N(C)C)N(C)C. The zero-order valence-corrected chi connectivity index (χ0v) is 7.55. The fourth-order valence-electron chi connectivity index (χ4n) is 0.824. The van der Waals surface area contributed by atoms with E-state index >= 15 is 0 Å². The molecule has 0 bridgehead atoms. The molecule has 0 unspecified atom stereocenters. The summed E-state index contributed by atoms with van der Waals surface area (Å²) in [4.78, 5) is 8.30. The summed E-state index contributed by atoms with van der Waals surface area (Å²) in [5, 5.41) is 0. The minimum absolute atomic E-state index is 0.839. The summed E-state index contributed by atoms with van der Waals surface area (Å²) in [6.45, 7) is 2.87. The quantitative estimate of drug-likeness (QED) is 0.393. The van der Waals surface area contributed by atoms with Crippen LogP contribution in [0.15, 0.2) is 4.99 Å². The molecular weight excluding hydrogens is 126 g/mol. The monoisotopic (exact) mass is 143 g/mol. The van der Waals surface area contributed by atoms with Gasteiger partial charge >= 0.3 is 0 Å². The fourth-order valence-corrected chi connectivity index (χ4v) is 0.824. The Hall–Kier alpha value is -0.730. The molecule has 0 atom stereocenters. The molecule has 10 heavy (non-hydrogen) atoms. The highest BCUT2D eigenvalue weighted by atomic mass is 15.3. The zero-order chi connectivity index (χ0) is 8.15. The Kier molecular flexibility index (Phi) is 3.84. The molecule has 0 aromatic heterocycles. The van der Waals surface area contributed by atoms with Crippen molar-refractivity contribution in [1.29, 1.82) is 0 Å². The molecule has 3 heteroatoms. The lowest BCUT2D eigenvalue weighted by atomic mass is 10.7. The Balaban J connectivity index is 4.12. The third-order valence-corrected chi connectivity index (χ3v) is 1.10. The molecule has 0 saturated carbocycles. The number of hydrogen-bond donors (Lipinski definition) is 0. The Morgan fingerprint density at radius 1 is 1.10 bits per heavy atom. The maximum Gasteiger partial charge on any atom is 0.195 e. The summed E-state index contributed by atoms with van der Waals surface area (Å²) in [6.07, 6.45) is 0. The number of hydrogen-bond acceptors (Lipinski definition) is 1. The van der Waals surface area contributed by atoms with Gasteiger partial charge in [-0.05, 0) is 6.92 Å². The largest absolute Gasteiger partial charge is 0.349 e. The van der Waals surface area contributed by atoms with Crippen LogP contribution in [0, 0.1) is 0 Å². The van der Waals surface area contributed by atoms with Gasteiger partial charge in [-0.2, -0.15) is 0 Å². The molecule has 0 fully saturated rings. The molecule has 0 aliphatic rings. The summed E-state index contributed by atoms with van der Waals surface area (Å²) in [5.41, 5.74) is 0.